The number of carbonyl (C=O) groups excluding carboxylic acids is 1. The monoisotopic (exact) mass is 234 g/mol. The van der Waals surface area contributed by atoms with Gasteiger partial charge in [0.05, 0.1) is 0 Å². The summed E-state index contributed by atoms with van der Waals surface area (Å²) >= 11 is 1.08. The number of rotatable bonds is 2. The van der Waals surface area contributed by atoms with Gasteiger partial charge in [-0.2, -0.15) is 10.4 Å². The number of nitrogens with zero attached hydrogens (tertiary/aromatic N) is 5. The van der Waals surface area contributed by atoms with Crippen LogP contribution in [0.4, 0.5) is 5.82 Å². The standard InChI is InChI=1S/C8H6N6OS/c1-14-3-5(2-9)7(12-14)10-8(15)6-4-16-13-11-6/h3-4H,1H3,(H,10,12,15). The van der Waals surface area contributed by atoms with Gasteiger partial charge in [0.2, 0.25) is 0 Å². The van der Waals surface area contributed by atoms with E-state index in [9.17, 15) is 4.79 Å². The molecule has 0 aliphatic heterocycles. The van der Waals surface area contributed by atoms with Crippen molar-refractivity contribution in [2.24, 2.45) is 7.05 Å². The third-order valence-corrected chi connectivity index (χ3v) is 2.28. The summed E-state index contributed by atoms with van der Waals surface area (Å²) in [5.74, 6) is -0.202. The van der Waals surface area contributed by atoms with Gasteiger partial charge in [0.25, 0.3) is 5.91 Å². The van der Waals surface area contributed by atoms with Crippen LogP contribution in [-0.4, -0.2) is 25.3 Å². The van der Waals surface area contributed by atoms with Gasteiger partial charge in [-0.25, -0.2) is 0 Å². The molecule has 0 aliphatic carbocycles. The number of nitrogens with one attached hydrogen (secondary N) is 1. The van der Waals surface area contributed by atoms with E-state index >= 15 is 0 Å². The number of hydrogen-bond donors (Lipinski definition) is 1. The maximum Gasteiger partial charge on any atom is 0.278 e. The smallest absolute Gasteiger partial charge is 0.278 e. The van der Waals surface area contributed by atoms with Crippen LogP contribution < -0.4 is 5.32 Å². The Kier molecular flexibility index (Phi) is 2.61. The molecule has 0 saturated carbocycles. The summed E-state index contributed by atoms with van der Waals surface area (Å²) in [6.07, 6.45) is 1.52. The molecule has 1 N–H and O–H groups in total. The SMILES string of the molecule is Cn1cc(C#N)c(NC(=O)c2csnn2)n1. The lowest BCUT2D eigenvalue weighted by Crippen LogP contribution is -2.13. The molecule has 2 heterocycles. The Balaban J connectivity index is 2.22. The average molecular weight is 234 g/mol. The van der Waals surface area contributed by atoms with Crippen molar-refractivity contribution in [2.45, 2.75) is 0 Å². The van der Waals surface area contributed by atoms with Gasteiger partial charge < -0.3 is 5.32 Å². The van der Waals surface area contributed by atoms with Crippen LogP contribution in [0.1, 0.15) is 16.1 Å². The quantitative estimate of drug-likeness (QED) is 0.811. The predicted molar refractivity (Wildman–Crippen MR) is 55.8 cm³/mol. The summed E-state index contributed by atoms with van der Waals surface area (Å²) in [7, 11) is 1.67. The fraction of sp³-hybridized carbons (Fsp3) is 0.125. The Labute approximate surface area is 94.5 Å². The molecular formula is C8H6N6OS. The van der Waals surface area contributed by atoms with Crippen LogP contribution in [0.2, 0.25) is 0 Å². The molecule has 0 aromatic carbocycles. The van der Waals surface area contributed by atoms with Crippen LogP contribution in [0, 0.1) is 11.3 Å². The summed E-state index contributed by atoms with van der Waals surface area (Å²) in [6, 6.07) is 1.94. The predicted octanol–water partition coefficient (Wildman–Crippen LogP) is 0.396. The molecule has 0 spiro atoms. The highest BCUT2D eigenvalue weighted by molar-refractivity contribution is 7.03. The van der Waals surface area contributed by atoms with E-state index in [-0.39, 0.29) is 11.5 Å². The molecule has 0 saturated heterocycles. The van der Waals surface area contributed by atoms with Gasteiger partial charge >= 0.3 is 0 Å². The minimum atomic E-state index is -0.427. The van der Waals surface area contributed by atoms with Crippen LogP contribution in [0.3, 0.4) is 0 Å². The van der Waals surface area contributed by atoms with Gasteiger partial charge in [-0.05, 0) is 11.5 Å². The van der Waals surface area contributed by atoms with Crippen LogP contribution >= 0.6 is 11.5 Å². The fourth-order valence-electron chi connectivity index (χ4n) is 1.10. The lowest BCUT2D eigenvalue weighted by Gasteiger charge is -1.97. The zero-order valence-electron chi connectivity index (χ0n) is 8.21. The third kappa shape index (κ3) is 1.89. The number of hydrogen-bond acceptors (Lipinski definition) is 6. The second kappa shape index (κ2) is 4.08. The molecule has 0 aliphatic rings. The zero-order valence-corrected chi connectivity index (χ0v) is 9.02. The number of amides is 1. The first-order chi connectivity index (χ1) is 7.70. The highest BCUT2D eigenvalue weighted by Crippen LogP contribution is 2.12. The summed E-state index contributed by atoms with van der Waals surface area (Å²) in [4.78, 5) is 11.6. The fourth-order valence-corrected chi connectivity index (χ4v) is 1.53. The van der Waals surface area contributed by atoms with Crippen LogP contribution in [0.25, 0.3) is 0 Å². The maximum atomic E-state index is 11.6. The molecule has 0 radical (unpaired) electrons. The van der Waals surface area contributed by atoms with Gasteiger partial charge in [0, 0.05) is 18.6 Å². The van der Waals surface area contributed by atoms with Crippen molar-refractivity contribution < 1.29 is 4.79 Å². The van der Waals surface area contributed by atoms with E-state index in [1.54, 1.807) is 7.05 Å². The van der Waals surface area contributed by atoms with E-state index in [1.807, 2.05) is 6.07 Å². The molecule has 2 rings (SSSR count). The molecular weight excluding hydrogens is 228 g/mol. The first-order valence-electron chi connectivity index (χ1n) is 4.23. The van der Waals surface area contributed by atoms with Crippen LogP contribution in [0.5, 0.6) is 0 Å². The first kappa shape index (κ1) is 10.3. The minimum absolute atomic E-state index is 0.208. The minimum Gasteiger partial charge on any atom is -0.303 e. The van der Waals surface area contributed by atoms with Crippen molar-refractivity contribution in [1.82, 2.24) is 19.4 Å². The number of anilines is 1. The van der Waals surface area contributed by atoms with Crippen molar-refractivity contribution in [1.29, 1.82) is 5.26 Å². The molecule has 2 aromatic heterocycles. The lowest BCUT2D eigenvalue weighted by molar-refractivity contribution is 0.102. The van der Waals surface area contributed by atoms with Crippen LogP contribution in [0.15, 0.2) is 11.6 Å². The van der Waals surface area contributed by atoms with Gasteiger partial charge in [-0.1, -0.05) is 4.49 Å². The molecule has 7 nitrogen and oxygen atoms in total. The molecule has 0 unspecified atom stereocenters. The molecule has 8 heteroatoms. The number of nitriles is 1. The van der Waals surface area contributed by atoms with Crippen molar-refractivity contribution in [2.75, 3.05) is 5.32 Å². The zero-order chi connectivity index (χ0) is 11.5. The average Bonchev–Trinajstić information content (AvgIpc) is 2.87. The largest absolute Gasteiger partial charge is 0.303 e. The number of aromatic nitrogens is 4. The van der Waals surface area contributed by atoms with Gasteiger partial charge in [0.1, 0.15) is 11.6 Å². The van der Waals surface area contributed by atoms with E-state index < -0.39 is 5.91 Å². The van der Waals surface area contributed by atoms with E-state index in [0.29, 0.717) is 5.56 Å². The summed E-state index contributed by atoms with van der Waals surface area (Å²) in [5, 5.41) is 20.4. The van der Waals surface area contributed by atoms with Gasteiger partial charge in [-0.15, -0.1) is 5.10 Å². The second-order valence-corrected chi connectivity index (χ2v) is 3.53. The van der Waals surface area contributed by atoms with Crippen molar-refractivity contribution in [3.8, 4) is 6.07 Å². The lowest BCUT2D eigenvalue weighted by atomic mass is 10.3. The molecule has 0 bridgehead atoms. The Hall–Kier alpha value is -2.27. The van der Waals surface area contributed by atoms with Gasteiger partial charge in [-0.3, -0.25) is 9.48 Å². The molecule has 2 aromatic rings. The molecule has 0 fully saturated rings. The van der Waals surface area contributed by atoms with Crippen molar-refractivity contribution in [3.05, 3.63) is 22.8 Å². The number of aryl methyl sites for hydroxylation is 1. The normalized spacial score (nSPS) is 9.75. The highest BCUT2D eigenvalue weighted by atomic mass is 32.1. The molecule has 1 amide bonds. The Morgan fingerprint density at radius 3 is 3.12 bits per heavy atom. The second-order valence-electron chi connectivity index (χ2n) is 2.92. The summed E-state index contributed by atoms with van der Waals surface area (Å²) in [5.41, 5.74) is 0.513. The maximum absolute atomic E-state index is 11.6. The molecule has 0 atom stereocenters. The van der Waals surface area contributed by atoms with E-state index in [2.05, 4.69) is 20.0 Å². The first-order valence-corrected chi connectivity index (χ1v) is 5.06. The molecule has 80 valence electrons. The summed E-state index contributed by atoms with van der Waals surface area (Å²) in [6.45, 7) is 0. The highest BCUT2D eigenvalue weighted by Gasteiger charge is 2.14. The third-order valence-electron chi connectivity index (χ3n) is 1.77. The Morgan fingerprint density at radius 1 is 1.69 bits per heavy atom. The van der Waals surface area contributed by atoms with Crippen molar-refractivity contribution in [3.63, 3.8) is 0 Å². The van der Waals surface area contributed by atoms with E-state index in [1.165, 1.54) is 16.3 Å². The van der Waals surface area contributed by atoms with Crippen molar-refractivity contribution >= 4 is 23.3 Å². The van der Waals surface area contributed by atoms with Gasteiger partial charge in [0.15, 0.2) is 11.5 Å². The topological polar surface area (TPSA) is 96.5 Å². The molecule has 16 heavy (non-hydrogen) atoms. The van der Waals surface area contributed by atoms with E-state index in [4.69, 9.17) is 5.26 Å². The Bertz CT molecular complexity index is 552. The van der Waals surface area contributed by atoms with Crippen LogP contribution in [-0.2, 0) is 7.05 Å². The summed E-state index contributed by atoms with van der Waals surface area (Å²) < 4.78 is 5.02. The van der Waals surface area contributed by atoms with E-state index in [0.717, 1.165) is 11.5 Å². The number of carbonyl (C=O) groups is 1. The Morgan fingerprint density at radius 2 is 2.50 bits per heavy atom.